The fourth-order valence-electron chi connectivity index (χ4n) is 1.43. The maximum absolute atomic E-state index is 11.9. The summed E-state index contributed by atoms with van der Waals surface area (Å²) in [5, 5.41) is 0. The molecule has 0 radical (unpaired) electrons. The average Bonchev–Trinajstić information content (AvgIpc) is 2.27. The molecule has 0 atom stereocenters. The van der Waals surface area contributed by atoms with Crippen LogP contribution in [0.1, 0.15) is 42.7 Å². The molecular formula is C13H19NO2. The van der Waals surface area contributed by atoms with Gasteiger partial charge in [0.25, 0.3) is 0 Å². The molecule has 0 saturated carbocycles. The Morgan fingerprint density at radius 2 is 2.19 bits per heavy atom. The normalized spacial score (nSPS) is 11.5. The topological polar surface area (TPSA) is 39.2 Å². The number of carbonyl (C=O) groups excluding carboxylic acids is 1. The fraction of sp³-hybridized carbons (Fsp3) is 0.538. The highest BCUT2D eigenvalue weighted by Gasteiger charge is 2.19. The van der Waals surface area contributed by atoms with Crippen LogP contribution in [0.5, 0.6) is 0 Å². The van der Waals surface area contributed by atoms with Crippen LogP contribution >= 0.6 is 0 Å². The molecule has 1 aromatic rings. The second kappa shape index (κ2) is 5.21. The molecule has 1 rings (SSSR count). The lowest BCUT2D eigenvalue weighted by Crippen LogP contribution is -2.23. The lowest BCUT2D eigenvalue weighted by Gasteiger charge is -2.22. The van der Waals surface area contributed by atoms with Crippen LogP contribution in [-0.4, -0.2) is 23.5 Å². The van der Waals surface area contributed by atoms with Crippen molar-refractivity contribution in [1.29, 1.82) is 0 Å². The van der Waals surface area contributed by atoms with Crippen LogP contribution < -0.4 is 0 Å². The Morgan fingerprint density at radius 3 is 2.75 bits per heavy atom. The molecule has 0 aliphatic carbocycles. The van der Waals surface area contributed by atoms with Crippen molar-refractivity contribution < 1.29 is 9.53 Å². The van der Waals surface area contributed by atoms with Crippen molar-refractivity contribution in [2.45, 2.75) is 39.2 Å². The second-order valence-electron chi connectivity index (χ2n) is 4.52. The van der Waals surface area contributed by atoms with E-state index in [4.69, 9.17) is 4.74 Å². The number of ether oxygens (including phenoxy) is 1. The van der Waals surface area contributed by atoms with E-state index in [2.05, 4.69) is 4.98 Å². The van der Waals surface area contributed by atoms with Gasteiger partial charge in [0.2, 0.25) is 0 Å². The zero-order valence-electron chi connectivity index (χ0n) is 10.4. The van der Waals surface area contributed by atoms with Gasteiger partial charge in [-0.3, -0.25) is 9.78 Å². The summed E-state index contributed by atoms with van der Waals surface area (Å²) in [5.74, 6) is 0.135. The summed E-state index contributed by atoms with van der Waals surface area (Å²) in [6.45, 7) is 5.82. The molecule has 1 heterocycles. The largest absolute Gasteiger partial charge is 0.379 e. The van der Waals surface area contributed by atoms with Gasteiger partial charge < -0.3 is 4.74 Å². The lowest BCUT2D eigenvalue weighted by molar-refractivity contribution is 0.0141. The summed E-state index contributed by atoms with van der Waals surface area (Å²) in [6, 6.07) is 3.62. The van der Waals surface area contributed by atoms with Crippen molar-refractivity contribution in [3.8, 4) is 0 Å². The second-order valence-corrected chi connectivity index (χ2v) is 4.52. The van der Waals surface area contributed by atoms with E-state index in [0.717, 1.165) is 17.7 Å². The first-order valence-electron chi connectivity index (χ1n) is 5.46. The van der Waals surface area contributed by atoms with Crippen molar-refractivity contribution >= 4 is 5.78 Å². The monoisotopic (exact) mass is 221 g/mol. The van der Waals surface area contributed by atoms with Crippen LogP contribution in [0.25, 0.3) is 0 Å². The van der Waals surface area contributed by atoms with E-state index in [1.807, 2.05) is 26.8 Å². The predicted octanol–water partition coefficient (Wildman–Crippen LogP) is 2.78. The summed E-state index contributed by atoms with van der Waals surface area (Å²) >= 11 is 0. The zero-order valence-corrected chi connectivity index (χ0v) is 10.4. The van der Waals surface area contributed by atoms with Crippen LogP contribution in [0.4, 0.5) is 0 Å². The number of aryl methyl sites for hydroxylation is 1. The Morgan fingerprint density at radius 1 is 1.50 bits per heavy atom. The Labute approximate surface area is 96.8 Å². The Hall–Kier alpha value is -1.22. The first kappa shape index (κ1) is 12.8. The number of hydrogen-bond acceptors (Lipinski definition) is 3. The molecule has 0 aromatic carbocycles. The molecule has 3 nitrogen and oxygen atoms in total. The molecule has 88 valence electrons. The average molecular weight is 221 g/mol. The van der Waals surface area contributed by atoms with Gasteiger partial charge in [0.15, 0.2) is 5.78 Å². The van der Waals surface area contributed by atoms with Crippen LogP contribution in [0.15, 0.2) is 18.3 Å². The van der Waals surface area contributed by atoms with Crippen molar-refractivity contribution in [2.24, 2.45) is 0 Å². The minimum atomic E-state index is -0.244. The fourth-order valence-corrected chi connectivity index (χ4v) is 1.43. The van der Waals surface area contributed by atoms with Gasteiger partial charge in [0, 0.05) is 31.0 Å². The molecule has 0 aliphatic heterocycles. The Bertz CT molecular complexity index is 372. The number of rotatable bonds is 5. The SMILES string of the molecule is COC(C)(C)CCC(=O)c1cccnc1C. The van der Waals surface area contributed by atoms with E-state index in [1.54, 1.807) is 19.4 Å². The number of hydrogen-bond donors (Lipinski definition) is 0. The summed E-state index contributed by atoms with van der Waals surface area (Å²) in [6.07, 6.45) is 2.91. The molecule has 0 bridgehead atoms. The minimum absolute atomic E-state index is 0.135. The van der Waals surface area contributed by atoms with Gasteiger partial charge in [-0.25, -0.2) is 0 Å². The minimum Gasteiger partial charge on any atom is -0.379 e. The highest BCUT2D eigenvalue weighted by Crippen LogP contribution is 2.18. The lowest BCUT2D eigenvalue weighted by atomic mass is 9.97. The van der Waals surface area contributed by atoms with E-state index in [-0.39, 0.29) is 11.4 Å². The summed E-state index contributed by atoms with van der Waals surface area (Å²) < 4.78 is 5.29. The molecule has 16 heavy (non-hydrogen) atoms. The van der Waals surface area contributed by atoms with E-state index in [0.29, 0.717) is 6.42 Å². The third kappa shape index (κ3) is 3.42. The number of pyridine rings is 1. The molecule has 0 spiro atoms. The summed E-state index contributed by atoms with van der Waals surface area (Å²) in [4.78, 5) is 16.0. The number of Topliss-reactive ketones (excluding diaryl/α,β-unsaturated/α-hetero) is 1. The van der Waals surface area contributed by atoms with Crippen LogP contribution in [0.2, 0.25) is 0 Å². The molecule has 3 heteroatoms. The van der Waals surface area contributed by atoms with E-state index in [9.17, 15) is 4.79 Å². The number of carbonyl (C=O) groups is 1. The van der Waals surface area contributed by atoms with Crippen molar-refractivity contribution in [3.05, 3.63) is 29.6 Å². The molecule has 0 aliphatic rings. The van der Waals surface area contributed by atoms with E-state index >= 15 is 0 Å². The van der Waals surface area contributed by atoms with Gasteiger partial charge in [-0.1, -0.05) is 0 Å². The highest BCUT2D eigenvalue weighted by atomic mass is 16.5. The number of ketones is 1. The molecular weight excluding hydrogens is 202 g/mol. The van der Waals surface area contributed by atoms with Crippen LogP contribution in [0.3, 0.4) is 0 Å². The number of nitrogens with zero attached hydrogens (tertiary/aromatic N) is 1. The van der Waals surface area contributed by atoms with Crippen molar-refractivity contribution in [3.63, 3.8) is 0 Å². The molecule has 0 saturated heterocycles. The standard InChI is InChI=1S/C13H19NO2/c1-10-11(6-5-9-14-10)12(15)7-8-13(2,3)16-4/h5-6,9H,7-8H2,1-4H3. The van der Waals surface area contributed by atoms with Gasteiger partial charge in [-0.05, 0) is 39.3 Å². The van der Waals surface area contributed by atoms with Crippen molar-refractivity contribution in [1.82, 2.24) is 4.98 Å². The maximum atomic E-state index is 11.9. The highest BCUT2D eigenvalue weighted by molar-refractivity contribution is 5.96. The van der Waals surface area contributed by atoms with Gasteiger partial charge in [0.1, 0.15) is 0 Å². The summed E-state index contributed by atoms with van der Waals surface area (Å²) in [7, 11) is 1.67. The first-order chi connectivity index (χ1) is 7.46. The van der Waals surface area contributed by atoms with Crippen LogP contribution in [-0.2, 0) is 4.74 Å². The van der Waals surface area contributed by atoms with Gasteiger partial charge in [-0.2, -0.15) is 0 Å². The van der Waals surface area contributed by atoms with Gasteiger partial charge in [0.05, 0.1) is 5.60 Å². The Kier molecular flexibility index (Phi) is 4.19. The predicted molar refractivity (Wildman–Crippen MR) is 63.6 cm³/mol. The number of methoxy groups -OCH3 is 1. The molecule has 0 N–H and O–H groups in total. The maximum Gasteiger partial charge on any atom is 0.164 e. The smallest absolute Gasteiger partial charge is 0.164 e. The molecule has 0 unspecified atom stereocenters. The quantitative estimate of drug-likeness (QED) is 0.718. The van der Waals surface area contributed by atoms with Gasteiger partial charge in [-0.15, -0.1) is 0 Å². The van der Waals surface area contributed by atoms with Crippen molar-refractivity contribution in [2.75, 3.05) is 7.11 Å². The van der Waals surface area contributed by atoms with E-state index in [1.165, 1.54) is 0 Å². The third-order valence-electron chi connectivity index (χ3n) is 2.81. The summed E-state index contributed by atoms with van der Waals surface area (Å²) in [5.41, 5.74) is 1.27. The molecule has 0 fully saturated rings. The third-order valence-corrected chi connectivity index (χ3v) is 2.81. The van der Waals surface area contributed by atoms with E-state index < -0.39 is 0 Å². The number of aromatic nitrogens is 1. The van der Waals surface area contributed by atoms with Gasteiger partial charge >= 0.3 is 0 Å². The molecule has 1 aromatic heterocycles. The first-order valence-corrected chi connectivity index (χ1v) is 5.46. The Balaban J connectivity index is 2.64. The zero-order chi connectivity index (χ0) is 12.2. The van der Waals surface area contributed by atoms with Crippen LogP contribution in [0, 0.1) is 6.92 Å². The molecule has 0 amide bonds.